The Labute approximate surface area is 119 Å². The maximum atomic E-state index is 11.2. The molecule has 0 bridgehead atoms. The van der Waals surface area contributed by atoms with E-state index in [1.54, 1.807) is 6.26 Å². The van der Waals surface area contributed by atoms with Crippen LogP contribution in [-0.4, -0.2) is 25.8 Å². The fourth-order valence-corrected chi connectivity index (χ4v) is 3.24. The van der Waals surface area contributed by atoms with Crippen LogP contribution >= 0.6 is 23.8 Å². The van der Waals surface area contributed by atoms with Gasteiger partial charge >= 0.3 is 0 Å². The lowest BCUT2D eigenvalue weighted by atomic mass is 10.2. The molecule has 0 radical (unpaired) electrons. The Bertz CT molecular complexity index is 647. The van der Waals surface area contributed by atoms with E-state index in [0.717, 1.165) is 17.5 Å². The smallest absolute Gasteiger partial charge is 0.178 e. The number of fused-ring (bicyclic) bond motifs is 1. The summed E-state index contributed by atoms with van der Waals surface area (Å²) in [6.45, 7) is 2.09. The molecule has 1 heterocycles. The summed E-state index contributed by atoms with van der Waals surface area (Å²) in [5.74, 6) is 0.684. The zero-order valence-electron chi connectivity index (χ0n) is 10.3. The van der Waals surface area contributed by atoms with E-state index in [-0.39, 0.29) is 6.04 Å². The van der Waals surface area contributed by atoms with Gasteiger partial charge in [0, 0.05) is 33.9 Å². The number of H-pyrrole nitrogens is 1. The number of nitrogens with zero attached hydrogens (tertiary/aromatic N) is 1. The lowest BCUT2D eigenvalue weighted by molar-refractivity contribution is 0.539. The number of nitrogens with one attached hydrogen (secondary N) is 1. The standard InChI is InChI=1S/C12H15ClN2OS2/c1-8(5-6-18(2)16)15-11-4-3-9(13)7-10(11)14-12(15)17/h3-4,7-8H,5-6H2,1-2H3,(H,14,17). The Morgan fingerprint density at radius 2 is 2.28 bits per heavy atom. The first kappa shape index (κ1) is 13.8. The van der Waals surface area contributed by atoms with Crippen LogP contribution in [0.4, 0.5) is 0 Å². The van der Waals surface area contributed by atoms with Crippen molar-refractivity contribution in [2.24, 2.45) is 0 Å². The van der Waals surface area contributed by atoms with Crippen LogP contribution in [0.25, 0.3) is 11.0 Å². The SMILES string of the molecule is CC(CCS(C)=O)n1c(=S)[nH]c2cc(Cl)ccc21. The van der Waals surface area contributed by atoms with E-state index >= 15 is 0 Å². The minimum atomic E-state index is -0.770. The van der Waals surface area contributed by atoms with Gasteiger partial charge in [-0.25, -0.2) is 0 Å². The molecule has 0 aliphatic carbocycles. The van der Waals surface area contributed by atoms with Crippen molar-refractivity contribution in [1.82, 2.24) is 9.55 Å². The number of rotatable bonds is 4. The van der Waals surface area contributed by atoms with Crippen LogP contribution in [0, 0.1) is 4.77 Å². The van der Waals surface area contributed by atoms with Gasteiger partial charge in [0.25, 0.3) is 0 Å². The molecule has 0 aliphatic heterocycles. The number of aromatic amines is 1. The average molecular weight is 303 g/mol. The fourth-order valence-electron chi connectivity index (χ4n) is 2.01. The predicted octanol–water partition coefficient (Wildman–Crippen LogP) is 3.68. The van der Waals surface area contributed by atoms with Gasteiger partial charge in [0.2, 0.25) is 0 Å². The van der Waals surface area contributed by atoms with Gasteiger partial charge in [0.05, 0.1) is 11.0 Å². The molecule has 0 spiro atoms. The van der Waals surface area contributed by atoms with E-state index in [1.807, 2.05) is 18.2 Å². The molecule has 0 aliphatic rings. The second kappa shape index (κ2) is 5.55. The summed E-state index contributed by atoms with van der Waals surface area (Å²) in [6, 6.07) is 5.90. The highest BCUT2D eigenvalue weighted by molar-refractivity contribution is 7.84. The van der Waals surface area contributed by atoms with Crippen LogP contribution in [0.3, 0.4) is 0 Å². The second-order valence-corrected chi connectivity index (χ2v) is 6.75. The Balaban J connectivity index is 2.41. The minimum absolute atomic E-state index is 0.219. The highest BCUT2D eigenvalue weighted by Gasteiger charge is 2.11. The van der Waals surface area contributed by atoms with Crippen LogP contribution in [0.1, 0.15) is 19.4 Å². The van der Waals surface area contributed by atoms with Crippen LogP contribution in [0.15, 0.2) is 18.2 Å². The number of hydrogen-bond donors (Lipinski definition) is 1. The Hall–Kier alpha value is -0.650. The normalized spacial score (nSPS) is 14.8. The zero-order chi connectivity index (χ0) is 13.3. The van der Waals surface area contributed by atoms with Gasteiger partial charge in [-0.1, -0.05) is 11.6 Å². The van der Waals surface area contributed by atoms with Crippen molar-refractivity contribution in [3.63, 3.8) is 0 Å². The summed E-state index contributed by atoms with van der Waals surface area (Å²) in [6.07, 6.45) is 2.56. The molecule has 18 heavy (non-hydrogen) atoms. The first-order valence-electron chi connectivity index (χ1n) is 5.69. The molecule has 1 aromatic heterocycles. The molecule has 2 aromatic rings. The molecular formula is C12H15ClN2OS2. The monoisotopic (exact) mass is 302 g/mol. The molecule has 0 amide bonds. The number of halogens is 1. The quantitative estimate of drug-likeness (QED) is 0.875. The minimum Gasteiger partial charge on any atom is -0.331 e. The fraction of sp³-hybridized carbons (Fsp3) is 0.417. The third-order valence-electron chi connectivity index (χ3n) is 2.94. The highest BCUT2D eigenvalue weighted by Crippen LogP contribution is 2.23. The number of imidazole rings is 1. The Morgan fingerprint density at radius 3 is 2.94 bits per heavy atom. The van der Waals surface area contributed by atoms with Gasteiger partial charge < -0.3 is 9.55 Å². The molecule has 1 aromatic carbocycles. The Kier molecular flexibility index (Phi) is 4.25. The molecule has 98 valence electrons. The van der Waals surface area contributed by atoms with Gasteiger partial charge in [-0.05, 0) is 43.8 Å². The summed E-state index contributed by atoms with van der Waals surface area (Å²) >= 11 is 11.3. The van der Waals surface area contributed by atoms with E-state index in [9.17, 15) is 4.21 Å². The summed E-state index contributed by atoms with van der Waals surface area (Å²) in [7, 11) is -0.770. The molecular weight excluding hydrogens is 288 g/mol. The average Bonchev–Trinajstić information content (AvgIpc) is 2.61. The Morgan fingerprint density at radius 1 is 1.56 bits per heavy atom. The first-order valence-corrected chi connectivity index (χ1v) is 8.20. The van der Waals surface area contributed by atoms with Crippen molar-refractivity contribution < 1.29 is 4.21 Å². The van der Waals surface area contributed by atoms with Crippen molar-refractivity contribution >= 4 is 45.7 Å². The molecule has 2 atom stereocenters. The van der Waals surface area contributed by atoms with E-state index in [1.165, 1.54) is 0 Å². The van der Waals surface area contributed by atoms with Crippen LogP contribution in [0.2, 0.25) is 5.02 Å². The number of aromatic nitrogens is 2. The van der Waals surface area contributed by atoms with Gasteiger partial charge in [-0.2, -0.15) is 0 Å². The molecule has 3 nitrogen and oxygen atoms in total. The summed E-state index contributed by atoms with van der Waals surface area (Å²) in [5.41, 5.74) is 1.98. The highest BCUT2D eigenvalue weighted by atomic mass is 35.5. The second-order valence-electron chi connectivity index (χ2n) is 4.38. The van der Waals surface area contributed by atoms with Gasteiger partial charge in [0.15, 0.2) is 4.77 Å². The lowest BCUT2D eigenvalue weighted by Gasteiger charge is -2.13. The van der Waals surface area contributed by atoms with E-state index < -0.39 is 10.8 Å². The lowest BCUT2D eigenvalue weighted by Crippen LogP contribution is -2.09. The van der Waals surface area contributed by atoms with Crippen molar-refractivity contribution in [3.05, 3.63) is 28.0 Å². The third kappa shape index (κ3) is 2.84. The topological polar surface area (TPSA) is 37.8 Å². The predicted molar refractivity (Wildman–Crippen MR) is 80.4 cm³/mol. The van der Waals surface area contributed by atoms with E-state index in [2.05, 4.69) is 16.5 Å². The third-order valence-corrected chi connectivity index (χ3v) is 4.29. The summed E-state index contributed by atoms with van der Waals surface area (Å²) in [5, 5.41) is 0.688. The van der Waals surface area contributed by atoms with E-state index in [4.69, 9.17) is 23.8 Å². The van der Waals surface area contributed by atoms with Crippen molar-refractivity contribution in [1.29, 1.82) is 0 Å². The maximum absolute atomic E-state index is 11.2. The number of benzene rings is 1. The number of hydrogen-bond acceptors (Lipinski definition) is 2. The maximum Gasteiger partial charge on any atom is 0.178 e. The molecule has 1 N–H and O–H groups in total. The van der Waals surface area contributed by atoms with E-state index in [0.29, 0.717) is 15.5 Å². The zero-order valence-corrected chi connectivity index (χ0v) is 12.7. The van der Waals surface area contributed by atoms with Gasteiger partial charge in [-0.15, -0.1) is 0 Å². The molecule has 2 rings (SSSR count). The molecule has 6 heteroatoms. The van der Waals surface area contributed by atoms with Gasteiger partial charge in [-0.3, -0.25) is 4.21 Å². The molecule has 0 saturated carbocycles. The largest absolute Gasteiger partial charge is 0.331 e. The van der Waals surface area contributed by atoms with Crippen LogP contribution in [-0.2, 0) is 10.8 Å². The molecule has 2 unspecified atom stereocenters. The van der Waals surface area contributed by atoms with Crippen molar-refractivity contribution in [3.8, 4) is 0 Å². The molecule has 0 saturated heterocycles. The van der Waals surface area contributed by atoms with Crippen molar-refractivity contribution in [2.75, 3.05) is 12.0 Å². The first-order chi connectivity index (χ1) is 8.49. The summed E-state index contributed by atoms with van der Waals surface area (Å²) < 4.78 is 13.9. The van der Waals surface area contributed by atoms with Crippen LogP contribution in [0.5, 0.6) is 0 Å². The van der Waals surface area contributed by atoms with Gasteiger partial charge in [0.1, 0.15) is 0 Å². The van der Waals surface area contributed by atoms with Crippen LogP contribution < -0.4 is 0 Å². The van der Waals surface area contributed by atoms with Crippen molar-refractivity contribution in [2.45, 2.75) is 19.4 Å². The molecule has 0 fully saturated rings. The summed E-state index contributed by atoms with van der Waals surface area (Å²) in [4.78, 5) is 3.15.